The van der Waals surface area contributed by atoms with Crippen molar-refractivity contribution >= 4 is 46.7 Å². The Morgan fingerprint density at radius 2 is 1.14 bits per heavy atom. The number of allylic oxidation sites excluding steroid dienone is 1. The molecule has 3 amide bonds. The number of aromatic nitrogens is 5. The molecule has 7 atom stereocenters. The molecule has 558 valence electrons. The van der Waals surface area contributed by atoms with Gasteiger partial charge in [0.25, 0.3) is 17.7 Å². The van der Waals surface area contributed by atoms with Crippen LogP contribution in [0.4, 0.5) is 17.2 Å². The molecule has 8 aromatic rings. The van der Waals surface area contributed by atoms with Crippen molar-refractivity contribution in [3.05, 3.63) is 177 Å². The fourth-order valence-corrected chi connectivity index (χ4v) is 16.1. The fraction of sp³-hybridized carbons (Fsp3) is 0.427. The van der Waals surface area contributed by atoms with E-state index in [1.54, 1.807) is 45.5 Å². The summed E-state index contributed by atoms with van der Waals surface area (Å²) in [5, 5.41) is 31.6. The fourth-order valence-electron chi connectivity index (χ4n) is 16.1. The Kier molecular flexibility index (Phi) is 21.8. The third kappa shape index (κ3) is 15.2. The van der Waals surface area contributed by atoms with Gasteiger partial charge in [-0.05, 0) is 205 Å². The van der Waals surface area contributed by atoms with Gasteiger partial charge in [-0.3, -0.25) is 33.5 Å². The lowest BCUT2D eigenvalue weighted by Crippen LogP contribution is -2.45. The number of fused-ring (bicyclic) bond motifs is 4. The summed E-state index contributed by atoms with van der Waals surface area (Å²) in [6.45, 7) is 22.1. The van der Waals surface area contributed by atoms with Gasteiger partial charge in [-0.2, -0.15) is 10.2 Å². The number of rotatable bonds is 27. The van der Waals surface area contributed by atoms with Crippen LogP contribution in [-0.4, -0.2) is 196 Å². The number of benzene rings is 5. The summed E-state index contributed by atoms with van der Waals surface area (Å²) in [6.07, 6.45) is 14.6. The number of likely N-dealkylation sites (tertiary alicyclic amines) is 2. The smallest absolute Gasteiger partial charge is 0.252 e. The van der Waals surface area contributed by atoms with Gasteiger partial charge in [0.2, 0.25) is 0 Å². The molecule has 0 radical (unpaired) electrons. The molecule has 5 saturated heterocycles. The van der Waals surface area contributed by atoms with Crippen LogP contribution in [-0.2, 0) is 20.1 Å². The average molecular weight is 1440 g/mol. The molecule has 3 aromatic heterocycles. The van der Waals surface area contributed by atoms with Gasteiger partial charge in [0.1, 0.15) is 11.6 Å². The maximum absolute atomic E-state index is 15.2. The van der Waals surface area contributed by atoms with Crippen LogP contribution in [0.3, 0.4) is 0 Å². The average Bonchev–Trinajstić information content (AvgIpc) is 1.58. The van der Waals surface area contributed by atoms with Crippen molar-refractivity contribution in [1.29, 1.82) is 5.41 Å². The van der Waals surface area contributed by atoms with E-state index >= 15 is 4.79 Å². The zero-order chi connectivity index (χ0) is 74.9. The Morgan fingerprint density at radius 1 is 0.575 bits per heavy atom. The van der Waals surface area contributed by atoms with E-state index in [0.717, 1.165) is 155 Å². The lowest BCUT2D eigenvalue weighted by molar-refractivity contribution is 0.0930. The second-order valence-electron chi connectivity index (χ2n) is 29.3. The quantitative estimate of drug-likeness (QED) is 0.0301. The molecule has 106 heavy (non-hydrogen) atoms. The third-order valence-electron chi connectivity index (χ3n) is 22.5. The van der Waals surface area contributed by atoms with Gasteiger partial charge >= 0.3 is 0 Å². The van der Waals surface area contributed by atoms with Crippen molar-refractivity contribution in [2.75, 3.05) is 123 Å². The maximum atomic E-state index is 15.2. The van der Waals surface area contributed by atoms with E-state index in [0.29, 0.717) is 94.7 Å². The zero-order valence-electron chi connectivity index (χ0n) is 63.9. The van der Waals surface area contributed by atoms with Crippen molar-refractivity contribution in [3.63, 3.8) is 0 Å². The highest BCUT2D eigenvalue weighted by atomic mass is 16.5. The molecule has 24 nitrogen and oxygen atoms in total. The highest BCUT2D eigenvalue weighted by Gasteiger charge is 2.43. The number of nitrogens with zero attached hydrogens (tertiary/aromatic N) is 11. The molecule has 5 fully saturated rings. The predicted molar refractivity (Wildman–Crippen MR) is 416 cm³/mol. The van der Waals surface area contributed by atoms with Crippen LogP contribution >= 0.6 is 0 Å². The van der Waals surface area contributed by atoms with Crippen LogP contribution in [0.15, 0.2) is 110 Å². The maximum Gasteiger partial charge on any atom is 0.252 e. The lowest BCUT2D eigenvalue weighted by Gasteiger charge is -2.34. The van der Waals surface area contributed by atoms with Gasteiger partial charge in [-0.15, -0.1) is 0 Å². The van der Waals surface area contributed by atoms with Gasteiger partial charge in [-0.1, -0.05) is 0 Å². The summed E-state index contributed by atoms with van der Waals surface area (Å²) < 4.78 is 33.8. The molecule has 5 N–H and O–H groups in total. The molecule has 8 heterocycles. The van der Waals surface area contributed by atoms with Crippen LogP contribution in [0, 0.1) is 26.2 Å². The van der Waals surface area contributed by atoms with Gasteiger partial charge < -0.3 is 70.0 Å². The number of hydrogen-bond donors (Lipinski definition) is 5. The number of carbonyl (C=O) groups excluding carboxylic acids is 3. The number of carbonyl (C=O) groups is 3. The second kappa shape index (κ2) is 31.3. The van der Waals surface area contributed by atoms with Crippen molar-refractivity contribution in [2.24, 2.45) is 7.05 Å². The van der Waals surface area contributed by atoms with Gasteiger partial charge in [-0.25, -0.2) is 4.98 Å². The highest BCUT2D eigenvalue weighted by Crippen LogP contribution is 2.44. The van der Waals surface area contributed by atoms with E-state index in [-0.39, 0.29) is 23.8 Å². The van der Waals surface area contributed by atoms with E-state index in [9.17, 15) is 9.59 Å². The van der Waals surface area contributed by atoms with Crippen molar-refractivity contribution < 1.29 is 38.1 Å². The van der Waals surface area contributed by atoms with Gasteiger partial charge in [0.05, 0.1) is 72.1 Å². The van der Waals surface area contributed by atoms with E-state index in [2.05, 4.69) is 106 Å². The summed E-state index contributed by atoms with van der Waals surface area (Å²) in [4.78, 5) is 63.1. The van der Waals surface area contributed by atoms with E-state index < -0.39 is 12.1 Å². The number of methoxy groups -OCH3 is 4. The van der Waals surface area contributed by atoms with Gasteiger partial charge in [0, 0.05) is 177 Å². The number of hydrogen-bond acceptors (Lipinski definition) is 19. The number of piperazine rings is 3. The summed E-state index contributed by atoms with van der Waals surface area (Å²) in [5.41, 5.74) is 15.0. The molecule has 24 heteroatoms. The number of likely N-dealkylation sites (N-methyl/N-ethyl adjacent to an activating group) is 3. The van der Waals surface area contributed by atoms with Crippen molar-refractivity contribution in [1.82, 2.24) is 60.5 Å². The first-order chi connectivity index (χ1) is 51.0. The summed E-state index contributed by atoms with van der Waals surface area (Å²) >= 11 is 0. The molecular formula is C82H102N16O8. The van der Waals surface area contributed by atoms with Crippen LogP contribution in [0.1, 0.15) is 140 Å². The van der Waals surface area contributed by atoms with E-state index in [1.807, 2.05) is 134 Å². The molecule has 0 unspecified atom stereocenters. The minimum Gasteiger partial charge on any atom is -0.494 e. The molecule has 5 aliphatic heterocycles. The Bertz CT molecular complexity index is 4650. The Hall–Kier alpha value is -10.4. The number of ether oxygens (including phenoxy) is 5. The summed E-state index contributed by atoms with van der Waals surface area (Å²) in [6, 6.07) is 24.4. The Balaban J connectivity index is 0.749. The van der Waals surface area contributed by atoms with Crippen molar-refractivity contribution in [3.8, 4) is 51.0 Å². The monoisotopic (exact) mass is 1440 g/mol. The molecule has 5 aromatic carbocycles. The largest absolute Gasteiger partial charge is 0.494 e. The Morgan fingerprint density at radius 3 is 1.69 bits per heavy atom. The normalized spacial score (nSPS) is 18.9. The molecule has 0 saturated carbocycles. The first-order valence-corrected chi connectivity index (χ1v) is 36.8. The van der Waals surface area contributed by atoms with Crippen molar-refractivity contribution in [2.45, 2.75) is 117 Å². The molecule has 5 aliphatic rings. The van der Waals surface area contributed by atoms with Gasteiger partial charge in [0.15, 0.2) is 23.0 Å². The molecule has 4 bridgehead atoms. The molecule has 13 rings (SSSR count). The summed E-state index contributed by atoms with van der Waals surface area (Å²) in [5.74, 6) is 2.77. The minimum absolute atomic E-state index is 0.171. The topological polar surface area (TPSA) is 237 Å². The van der Waals surface area contributed by atoms with Crippen LogP contribution < -0.4 is 59.7 Å². The third-order valence-corrected chi connectivity index (χ3v) is 22.5. The second-order valence-corrected chi connectivity index (χ2v) is 29.3. The van der Waals surface area contributed by atoms with E-state index in [1.165, 1.54) is 6.21 Å². The van der Waals surface area contributed by atoms with Crippen LogP contribution in [0.5, 0.6) is 28.7 Å². The first-order valence-electron chi connectivity index (χ1n) is 36.8. The number of nitrogens with one attached hydrogen (secondary N) is 5. The number of aryl methyl sites for hydroxylation is 2. The Labute approximate surface area is 622 Å². The predicted octanol–water partition coefficient (Wildman–Crippen LogP) is 10.5. The number of pyridine rings is 1. The molecule has 0 aliphatic carbocycles. The number of anilines is 3. The summed E-state index contributed by atoms with van der Waals surface area (Å²) in [7, 11) is 14.8. The molecular weight excluding hydrogens is 1340 g/mol. The van der Waals surface area contributed by atoms with Crippen LogP contribution in [0.25, 0.3) is 27.8 Å². The van der Waals surface area contributed by atoms with E-state index in [4.69, 9.17) is 34.2 Å². The first kappa shape index (κ1) is 73.9. The minimum atomic E-state index is -0.506. The zero-order valence-corrected chi connectivity index (χ0v) is 63.9. The highest BCUT2D eigenvalue weighted by molar-refractivity contribution is 6.10. The number of amides is 3. The SMILES string of the molecule is CCOc1cc(-c2cnn(C)c2)cc([C@@H](C)NC(=O)c2cc(N3C[C@H]4C[C@@H]3CN4C)cc(Cn3cc(-c4cc([C@@H](C)NC(=O)c5cc(N6C[C@H]7C[C@@H]6CN7C)cc(CN/C=C(\C=N)c6cc([C@@H](C)NC(=O)c7cc(N8CCN(C)CC8)ncc7C)cc(OC)c6OC)c5C)cc(OC)c4OC)cn3)c2C)c1. The van der Waals surface area contributed by atoms with Crippen LogP contribution in [0.2, 0.25) is 0 Å². The lowest BCUT2D eigenvalue weighted by atomic mass is 9.97. The standard InChI is InChI=1S/C82H102N16O8/c1-16-106-69-24-54(21-57(25-69)61-39-86-94(11)41-61)51(5)89-82(101)72-33-64(98-47-66-31-68(98)45-93(66)10)23-59(50(72)4)42-96-43-62(40-87-96)74-27-56(29-76(103-13)79(74)105-15)53(7)90-81(100)71-32-63(97-46-65-30-67(97)44-92(65)9)22-58(49(71)3)37-84-38-60(35-83)73-26-55(28-75(102-12)78(73)104-14)52(6)88-80(99)70-34-77(85-36-48(70)2)95-19-17-91(8)18-20-95/h21-29,32-36,38-41,43,51-53,65-68,83-84H,16-20,30-31,37,42,44-47H2,1-15H3,(H,88,99)(H,89,101)(H,90,100)/b60-38+,83-35?/t51-,52-,53-,65-,66-,67-,68-/m1/s1. The molecule has 0 spiro atoms.